The molecule has 0 aliphatic rings. The van der Waals surface area contributed by atoms with E-state index in [0.29, 0.717) is 0 Å². The van der Waals surface area contributed by atoms with Crippen LogP contribution in [0.15, 0.2) is 0 Å². The van der Waals surface area contributed by atoms with Gasteiger partial charge in [-0.15, -0.1) is 0 Å². The van der Waals surface area contributed by atoms with Crippen molar-refractivity contribution in [3.05, 3.63) is 0 Å². The Balaban J connectivity index is 0. The third kappa shape index (κ3) is 5.87. The molecule has 0 aromatic rings. The van der Waals surface area contributed by atoms with E-state index in [-0.39, 0.29) is 58.2 Å². The molecule has 1 nitrogen and oxygen atoms in total. The van der Waals surface area contributed by atoms with Gasteiger partial charge in [-0.25, -0.2) is 0 Å². The van der Waals surface area contributed by atoms with Gasteiger partial charge in [0.05, 0.1) is 0 Å². The molecular weight excluding hydrogens is 664 g/mol. The van der Waals surface area contributed by atoms with Crippen LogP contribution in [0, 0.1) is 0 Å². The smallest absolute Gasteiger partial charge is 0.368 e. The molecule has 0 N–H and O–H groups in total. The SMILES string of the molecule is FC(F)(F)C(F)(F)C(F)(F)C(F)(F)C(F)(F)COCC(F)(F)C(F)(F)C(F)(F)C(F)(F)C(F)(F)F.[Rb]. The van der Waals surface area contributed by atoms with Gasteiger partial charge >= 0.3 is 59.7 Å². The van der Waals surface area contributed by atoms with Gasteiger partial charge in [-0.2, -0.15) is 96.6 Å². The van der Waals surface area contributed by atoms with Crippen molar-refractivity contribution >= 4 is 58.2 Å². The summed E-state index contributed by atoms with van der Waals surface area (Å²) in [4.78, 5) is 0. The van der Waals surface area contributed by atoms with Gasteiger partial charge in [0.15, 0.2) is 0 Å². The summed E-state index contributed by atoms with van der Waals surface area (Å²) in [6.07, 6.45) is -15.3. The van der Waals surface area contributed by atoms with Gasteiger partial charge < -0.3 is 4.74 Å². The van der Waals surface area contributed by atoms with Crippen LogP contribution in [0.5, 0.6) is 0 Å². The van der Waals surface area contributed by atoms with Crippen molar-refractivity contribution in [2.24, 2.45) is 0 Å². The molecule has 0 saturated carbocycles. The van der Waals surface area contributed by atoms with E-state index >= 15 is 0 Å². The van der Waals surface area contributed by atoms with Crippen molar-refractivity contribution < 1.29 is 101 Å². The van der Waals surface area contributed by atoms with Crippen molar-refractivity contribution in [1.29, 1.82) is 0 Å². The van der Waals surface area contributed by atoms with E-state index in [2.05, 4.69) is 4.74 Å². The first kappa shape index (κ1) is 38.4. The number of halogens is 22. The third-order valence-electron chi connectivity index (χ3n) is 3.77. The van der Waals surface area contributed by atoms with Crippen LogP contribution in [-0.2, 0) is 4.74 Å². The molecule has 0 amide bonds. The first-order valence-corrected chi connectivity index (χ1v) is 7.44. The quantitative estimate of drug-likeness (QED) is 0.232. The molecule has 36 heavy (non-hydrogen) atoms. The van der Waals surface area contributed by atoms with Gasteiger partial charge in [-0.3, -0.25) is 0 Å². The maximum atomic E-state index is 13.2. The Morgan fingerprint density at radius 1 is 0.306 bits per heavy atom. The summed E-state index contributed by atoms with van der Waals surface area (Å²) in [5.41, 5.74) is 0. The fourth-order valence-corrected chi connectivity index (χ4v) is 1.70. The molecule has 0 aliphatic carbocycles. The van der Waals surface area contributed by atoms with Gasteiger partial charge in [0, 0.05) is 58.2 Å². The largest absolute Gasteiger partial charge is 0.460 e. The van der Waals surface area contributed by atoms with Gasteiger partial charge in [0.1, 0.15) is 13.2 Å². The molecular formula is C12H4F22ORb. The second-order valence-electron chi connectivity index (χ2n) is 6.34. The monoisotopic (exact) mass is 667 g/mol. The number of alkyl halides is 22. The van der Waals surface area contributed by atoms with E-state index in [0.717, 1.165) is 0 Å². The molecule has 0 atom stereocenters. The Morgan fingerprint density at radius 2 is 0.500 bits per heavy atom. The molecule has 0 bridgehead atoms. The molecule has 1 radical (unpaired) electrons. The third-order valence-corrected chi connectivity index (χ3v) is 3.77. The second-order valence-corrected chi connectivity index (χ2v) is 6.34. The van der Waals surface area contributed by atoms with Crippen LogP contribution in [-0.4, -0.2) is 131 Å². The summed E-state index contributed by atoms with van der Waals surface area (Å²) in [5, 5.41) is 0. The Labute approximate surface area is 231 Å². The van der Waals surface area contributed by atoms with E-state index in [4.69, 9.17) is 0 Å². The Morgan fingerprint density at radius 3 is 0.667 bits per heavy atom. The van der Waals surface area contributed by atoms with Crippen molar-refractivity contribution in [2.75, 3.05) is 13.2 Å². The molecule has 213 valence electrons. The van der Waals surface area contributed by atoms with Gasteiger partial charge in [-0.1, -0.05) is 0 Å². The molecule has 0 saturated heterocycles. The molecule has 0 fully saturated rings. The van der Waals surface area contributed by atoms with Crippen LogP contribution in [0.3, 0.4) is 0 Å². The summed E-state index contributed by atoms with van der Waals surface area (Å²) in [5.74, 6) is -62.2. The molecule has 0 aromatic heterocycles. The fourth-order valence-electron chi connectivity index (χ4n) is 1.70. The van der Waals surface area contributed by atoms with Crippen LogP contribution in [0.1, 0.15) is 0 Å². The zero-order chi connectivity index (χ0) is 29.1. The molecule has 0 unspecified atom stereocenters. The zero-order valence-corrected chi connectivity index (χ0v) is 21.1. The van der Waals surface area contributed by atoms with Crippen LogP contribution in [0.2, 0.25) is 0 Å². The van der Waals surface area contributed by atoms with Crippen LogP contribution in [0.4, 0.5) is 96.6 Å². The second kappa shape index (κ2) is 10.3. The van der Waals surface area contributed by atoms with Crippen molar-refractivity contribution in [3.8, 4) is 0 Å². The number of ether oxygens (including phenoxy) is 1. The van der Waals surface area contributed by atoms with E-state index < -0.39 is 72.9 Å². The van der Waals surface area contributed by atoms with Crippen LogP contribution < -0.4 is 0 Å². The summed E-state index contributed by atoms with van der Waals surface area (Å²) in [6, 6.07) is 0. The fraction of sp³-hybridized carbons (Fsp3) is 1.00. The molecule has 0 heterocycles. The summed E-state index contributed by atoms with van der Waals surface area (Å²) in [6.45, 7) is -7.92. The minimum absolute atomic E-state index is 0. The maximum Gasteiger partial charge on any atom is 0.460 e. The molecule has 0 aliphatic heterocycles. The van der Waals surface area contributed by atoms with Crippen LogP contribution >= 0.6 is 0 Å². The standard InChI is InChI=1S/C12H4F22O.Rb/c13-3(14,5(17,18)7(21,22)9(25,26)11(29,30)31)1-35-2-4(15,16)6(19,20)8(23,24)10(27,28)12(32,33)34;/h1-2H2;. The number of rotatable bonds is 10. The summed E-state index contributed by atoms with van der Waals surface area (Å²) < 4.78 is 280. The Kier molecular flexibility index (Phi) is 11.0. The van der Waals surface area contributed by atoms with Crippen molar-refractivity contribution in [3.63, 3.8) is 0 Å². The average molecular weight is 668 g/mol. The molecule has 0 spiro atoms. The first-order chi connectivity index (χ1) is 14.7. The van der Waals surface area contributed by atoms with E-state index in [9.17, 15) is 96.6 Å². The van der Waals surface area contributed by atoms with Gasteiger partial charge in [0.2, 0.25) is 0 Å². The van der Waals surface area contributed by atoms with Crippen molar-refractivity contribution in [2.45, 2.75) is 59.7 Å². The average Bonchev–Trinajstić information content (AvgIpc) is 2.58. The molecule has 0 aromatic carbocycles. The van der Waals surface area contributed by atoms with E-state index in [1.165, 1.54) is 0 Å². The minimum Gasteiger partial charge on any atom is -0.368 e. The molecule has 0 rings (SSSR count). The Bertz CT molecular complexity index is 685. The predicted molar refractivity (Wildman–Crippen MR) is 68.3 cm³/mol. The normalized spacial score (nSPS) is 16.2. The summed E-state index contributed by atoms with van der Waals surface area (Å²) in [7, 11) is 0. The molecule has 24 heteroatoms. The maximum absolute atomic E-state index is 13.2. The predicted octanol–water partition coefficient (Wildman–Crippen LogP) is 6.83. The van der Waals surface area contributed by atoms with Gasteiger partial charge in [-0.05, 0) is 0 Å². The van der Waals surface area contributed by atoms with Gasteiger partial charge in [0.25, 0.3) is 0 Å². The first-order valence-electron chi connectivity index (χ1n) is 7.44. The number of hydrogen-bond acceptors (Lipinski definition) is 1. The van der Waals surface area contributed by atoms with Crippen LogP contribution in [0.25, 0.3) is 0 Å². The van der Waals surface area contributed by atoms with E-state index in [1.807, 2.05) is 0 Å². The minimum atomic E-state index is -8.11. The number of hydrogen-bond donors (Lipinski definition) is 0. The van der Waals surface area contributed by atoms with Crippen molar-refractivity contribution in [1.82, 2.24) is 0 Å². The summed E-state index contributed by atoms with van der Waals surface area (Å²) >= 11 is 0. The van der Waals surface area contributed by atoms with E-state index in [1.54, 1.807) is 0 Å². The Hall–Kier alpha value is 0.225. The topological polar surface area (TPSA) is 9.23 Å². The zero-order valence-electron chi connectivity index (χ0n) is 16.1.